The first-order valence-electron chi connectivity index (χ1n) is 5.60. The van der Waals surface area contributed by atoms with Gasteiger partial charge in [0.05, 0.1) is 5.56 Å². The van der Waals surface area contributed by atoms with Crippen LogP contribution in [0.2, 0.25) is 0 Å². The van der Waals surface area contributed by atoms with E-state index in [-0.39, 0.29) is 5.56 Å². The minimum atomic E-state index is -0.576. The number of nitrogen functional groups attached to an aromatic ring is 1. The van der Waals surface area contributed by atoms with E-state index in [1.807, 2.05) is 6.92 Å². The zero-order valence-corrected chi connectivity index (χ0v) is 11.8. The molecule has 0 aliphatic carbocycles. The molecule has 2 rings (SSSR count). The number of nitrogens with one attached hydrogen (secondary N) is 1. The number of amides is 1. The van der Waals surface area contributed by atoms with Crippen molar-refractivity contribution in [2.45, 2.75) is 6.92 Å². The maximum Gasteiger partial charge on any atom is 0.258 e. The second-order valence-corrected chi connectivity index (χ2v) is 5.07. The minimum Gasteiger partial charge on any atom is -0.399 e. The van der Waals surface area contributed by atoms with E-state index in [1.54, 1.807) is 24.3 Å². The molecule has 0 aromatic heterocycles. The van der Waals surface area contributed by atoms with Crippen LogP contribution in [0.4, 0.5) is 15.8 Å². The van der Waals surface area contributed by atoms with Crippen molar-refractivity contribution in [1.29, 1.82) is 0 Å². The molecule has 0 heterocycles. The highest BCUT2D eigenvalue weighted by Gasteiger charge is 2.13. The molecule has 3 N–H and O–H groups in total. The Morgan fingerprint density at radius 3 is 2.68 bits per heavy atom. The van der Waals surface area contributed by atoms with Crippen LogP contribution in [0.15, 0.2) is 40.9 Å². The quantitative estimate of drug-likeness (QED) is 0.828. The van der Waals surface area contributed by atoms with Gasteiger partial charge in [-0.05, 0) is 42.8 Å². The molecular formula is C14H12BrFN2O. The van der Waals surface area contributed by atoms with E-state index in [0.29, 0.717) is 15.8 Å². The molecule has 0 saturated heterocycles. The summed E-state index contributed by atoms with van der Waals surface area (Å²) < 4.78 is 14.3. The zero-order chi connectivity index (χ0) is 14.0. The average molecular weight is 323 g/mol. The molecular weight excluding hydrogens is 311 g/mol. The van der Waals surface area contributed by atoms with Gasteiger partial charge in [0.1, 0.15) is 5.82 Å². The van der Waals surface area contributed by atoms with Gasteiger partial charge in [-0.1, -0.05) is 22.0 Å². The lowest BCUT2D eigenvalue weighted by Gasteiger charge is -2.10. The SMILES string of the molecule is Cc1ccc(N)cc1NC(=O)c1ccc(Br)cc1F. The summed E-state index contributed by atoms with van der Waals surface area (Å²) in [6, 6.07) is 9.47. The molecule has 0 atom stereocenters. The third-order valence-electron chi connectivity index (χ3n) is 2.69. The van der Waals surface area contributed by atoms with Crippen molar-refractivity contribution in [3.63, 3.8) is 0 Å². The van der Waals surface area contributed by atoms with Gasteiger partial charge in [0.15, 0.2) is 0 Å². The number of anilines is 2. The topological polar surface area (TPSA) is 55.1 Å². The van der Waals surface area contributed by atoms with Crippen LogP contribution < -0.4 is 11.1 Å². The second-order valence-electron chi connectivity index (χ2n) is 4.15. The van der Waals surface area contributed by atoms with Crippen LogP contribution in [0.5, 0.6) is 0 Å². The van der Waals surface area contributed by atoms with Crippen LogP contribution in [0, 0.1) is 12.7 Å². The summed E-state index contributed by atoms with van der Waals surface area (Å²) in [7, 11) is 0. The summed E-state index contributed by atoms with van der Waals surface area (Å²) in [5.41, 5.74) is 7.63. The molecule has 98 valence electrons. The van der Waals surface area contributed by atoms with Crippen LogP contribution in [0.25, 0.3) is 0 Å². The summed E-state index contributed by atoms with van der Waals surface area (Å²) in [6.45, 7) is 1.84. The maximum absolute atomic E-state index is 13.7. The number of hydrogen-bond acceptors (Lipinski definition) is 2. The number of carbonyl (C=O) groups is 1. The summed E-state index contributed by atoms with van der Waals surface area (Å²) >= 11 is 3.15. The van der Waals surface area contributed by atoms with Crippen molar-refractivity contribution in [3.8, 4) is 0 Å². The number of nitrogens with two attached hydrogens (primary N) is 1. The Kier molecular flexibility index (Phi) is 3.85. The first kappa shape index (κ1) is 13.5. The largest absolute Gasteiger partial charge is 0.399 e. The van der Waals surface area contributed by atoms with Crippen molar-refractivity contribution < 1.29 is 9.18 Å². The highest BCUT2D eigenvalue weighted by molar-refractivity contribution is 9.10. The van der Waals surface area contributed by atoms with E-state index >= 15 is 0 Å². The Morgan fingerprint density at radius 1 is 1.26 bits per heavy atom. The Hall–Kier alpha value is -1.88. The predicted octanol–water partition coefficient (Wildman–Crippen LogP) is 3.73. The second kappa shape index (κ2) is 5.40. The highest BCUT2D eigenvalue weighted by atomic mass is 79.9. The lowest BCUT2D eigenvalue weighted by Crippen LogP contribution is -2.14. The van der Waals surface area contributed by atoms with Crippen LogP contribution in [0.3, 0.4) is 0 Å². The van der Waals surface area contributed by atoms with Crippen molar-refractivity contribution in [2.24, 2.45) is 0 Å². The summed E-state index contributed by atoms with van der Waals surface area (Å²) in [6.07, 6.45) is 0. The van der Waals surface area contributed by atoms with Crippen LogP contribution >= 0.6 is 15.9 Å². The molecule has 0 fully saturated rings. The number of aryl methyl sites for hydroxylation is 1. The van der Waals surface area contributed by atoms with E-state index in [0.717, 1.165) is 5.56 Å². The average Bonchev–Trinajstić information content (AvgIpc) is 2.33. The van der Waals surface area contributed by atoms with Crippen LogP contribution in [-0.2, 0) is 0 Å². The first-order valence-corrected chi connectivity index (χ1v) is 6.39. The first-order chi connectivity index (χ1) is 8.97. The number of carbonyl (C=O) groups excluding carboxylic acids is 1. The van der Waals surface area contributed by atoms with Crippen LogP contribution in [0.1, 0.15) is 15.9 Å². The lowest BCUT2D eigenvalue weighted by atomic mass is 10.1. The van der Waals surface area contributed by atoms with Gasteiger partial charge in [0, 0.05) is 15.8 Å². The zero-order valence-electron chi connectivity index (χ0n) is 10.2. The number of halogens is 2. The fourth-order valence-electron chi connectivity index (χ4n) is 1.64. The van der Waals surface area contributed by atoms with Gasteiger partial charge in [-0.3, -0.25) is 4.79 Å². The van der Waals surface area contributed by atoms with Gasteiger partial charge < -0.3 is 11.1 Å². The van der Waals surface area contributed by atoms with Gasteiger partial charge in [-0.2, -0.15) is 0 Å². The molecule has 0 spiro atoms. The summed E-state index contributed by atoms with van der Waals surface area (Å²) in [5, 5.41) is 2.65. The van der Waals surface area contributed by atoms with E-state index in [2.05, 4.69) is 21.2 Å². The van der Waals surface area contributed by atoms with E-state index in [1.165, 1.54) is 12.1 Å². The smallest absolute Gasteiger partial charge is 0.258 e. The highest BCUT2D eigenvalue weighted by Crippen LogP contribution is 2.21. The molecule has 5 heteroatoms. The summed E-state index contributed by atoms with van der Waals surface area (Å²) in [5.74, 6) is -1.08. The molecule has 0 aliphatic rings. The monoisotopic (exact) mass is 322 g/mol. The summed E-state index contributed by atoms with van der Waals surface area (Å²) in [4.78, 5) is 12.0. The van der Waals surface area contributed by atoms with Crippen molar-refractivity contribution in [2.75, 3.05) is 11.1 Å². The molecule has 1 amide bonds. The molecule has 0 aliphatic heterocycles. The Balaban J connectivity index is 2.28. The fourth-order valence-corrected chi connectivity index (χ4v) is 1.97. The molecule has 0 radical (unpaired) electrons. The van der Waals surface area contributed by atoms with Crippen LogP contribution in [-0.4, -0.2) is 5.91 Å². The van der Waals surface area contributed by atoms with Gasteiger partial charge >= 0.3 is 0 Å². The van der Waals surface area contributed by atoms with Gasteiger partial charge in [0.2, 0.25) is 0 Å². The normalized spacial score (nSPS) is 10.3. The molecule has 2 aromatic carbocycles. The van der Waals surface area contributed by atoms with E-state index in [4.69, 9.17) is 5.73 Å². The number of hydrogen-bond donors (Lipinski definition) is 2. The molecule has 0 unspecified atom stereocenters. The third kappa shape index (κ3) is 3.12. The molecule has 19 heavy (non-hydrogen) atoms. The molecule has 3 nitrogen and oxygen atoms in total. The standard InChI is InChI=1S/C14H12BrFN2O/c1-8-2-4-10(17)7-13(8)18-14(19)11-5-3-9(15)6-12(11)16/h2-7H,17H2,1H3,(H,18,19). The van der Waals surface area contributed by atoms with Crippen molar-refractivity contribution in [1.82, 2.24) is 0 Å². The lowest BCUT2D eigenvalue weighted by molar-refractivity contribution is 0.102. The van der Waals surface area contributed by atoms with E-state index < -0.39 is 11.7 Å². The Labute approximate surface area is 118 Å². The van der Waals surface area contributed by atoms with Gasteiger partial charge in [-0.25, -0.2) is 4.39 Å². The minimum absolute atomic E-state index is 0.00924. The Morgan fingerprint density at radius 2 is 2.00 bits per heavy atom. The van der Waals surface area contributed by atoms with Crippen molar-refractivity contribution >= 4 is 33.2 Å². The molecule has 2 aromatic rings. The van der Waals surface area contributed by atoms with E-state index in [9.17, 15) is 9.18 Å². The maximum atomic E-state index is 13.7. The van der Waals surface area contributed by atoms with Gasteiger partial charge in [0.25, 0.3) is 5.91 Å². The Bertz CT molecular complexity index is 643. The van der Waals surface area contributed by atoms with Gasteiger partial charge in [-0.15, -0.1) is 0 Å². The fraction of sp³-hybridized carbons (Fsp3) is 0.0714. The number of benzene rings is 2. The number of rotatable bonds is 2. The predicted molar refractivity (Wildman–Crippen MR) is 77.6 cm³/mol. The van der Waals surface area contributed by atoms with Crippen molar-refractivity contribution in [3.05, 3.63) is 57.8 Å². The molecule has 0 saturated carbocycles. The molecule has 0 bridgehead atoms. The third-order valence-corrected chi connectivity index (χ3v) is 3.18.